The van der Waals surface area contributed by atoms with Crippen LogP contribution in [0.25, 0.3) is 0 Å². The Morgan fingerprint density at radius 1 is 1.12 bits per heavy atom. The van der Waals surface area contributed by atoms with E-state index in [1.807, 2.05) is 17.0 Å². The molecule has 0 spiro atoms. The fourth-order valence-corrected chi connectivity index (χ4v) is 3.57. The molecule has 1 aliphatic rings. The number of halogens is 1. The SMILES string of the molecule is COc1cc2c(cc1OC)C(C)(C)CN(C(=O)Cc1ccc(F)cc1)C2. The van der Waals surface area contributed by atoms with Gasteiger partial charge in [-0.3, -0.25) is 4.79 Å². The maximum absolute atomic E-state index is 13.1. The molecule has 0 saturated heterocycles. The highest BCUT2D eigenvalue weighted by Crippen LogP contribution is 2.40. The van der Waals surface area contributed by atoms with E-state index in [4.69, 9.17) is 9.47 Å². The quantitative estimate of drug-likeness (QED) is 0.837. The van der Waals surface area contributed by atoms with Crippen LogP contribution in [0.5, 0.6) is 11.5 Å². The summed E-state index contributed by atoms with van der Waals surface area (Å²) in [4.78, 5) is 14.7. The second-order valence-electron chi connectivity index (χ2n) is 7.30. The molecular weight excluding hydrogens is 333 g/mol. The van der Waals surface area contributed by atoms with E-state index >= 15 is 0 Å². The minimum atomic E-state index is -0.296. The molecule has 0 radical (unpaired) electrons. The highest BCUT2D eigenvalue weighted by molar-refractivity contribution is 5.79. The first kappa shape index (κ1) is 18.2. The number of carbonyl (C=O) groups is 1. The molecule has 0 atom stereocenters. The van der Waals surface area contributed by atoms with Crippen molar-refractivity contribution in [2.45, 2.75) is 32.2 Å². The van der Waals surface area contributed by atoms with E-state index in [1.54, 1.807) is 26.4 Å². The van der Waals surface area contributed by atoms with Crippen LogP contribution in [-0.2, 0) is 23.2 Å². The minimum Gasteiger partial charge on any atom is -0.493 e. The van der Waals surface area contributed by atoms with Crippen molar-refractivity contribution in [3.8, 4) is 11.5 Å². The second kappa shape index (κ2) is 6.98. The Hall–Kier alpha value is -2.56. The van der Waals surface area contributed by atoms with Crippen molar-refractivity contribution >= 4 is 5.91 Å². The fraction of sp³-hybridized carbons (Fsp3) is 0.381. The van der Waals surface area contributed by atoms with E-state index < -0.39 is 0 Å². The maximum Gasteiger partial charge on any atom is 0.227 e. The van der Waals surface area contributed by atoms with E-state index in [2.05, 4.69) is 13.8 Å². The van der Waals surface area contributed by atoms with Crippen LogP contribution in [0.4, 0.5) is 4.39 Å². The maximum atomic E-state index is 13.1. The van der Waals surface area contributed by atoms with Gasteiger partial charge in [0.2, 0.25) is 5.91 Å². The van der Waals surface area contributed by atoms with E-state index in [-0.39, 0.29) is 23.6 Å². The minimum absolute atomic E-state index is 0.0325. The van der Waals surface area contributed by atoms with Crippen LogP contribution in [0.3, 0.4) is 0 Å². The van der Waals surface area contributed by atoms with Crippen molar-refractivity contribution < 1.29 is 18.7 Å². The van der Waals surface area contributed by atoms with Crippen LogP contribution >= 0.6 is 0 Å². The normalized spacial score (nSPS) is 15.3. The van der Waals surface area contributed by atoms with Crippen LogP contribution in [-0.4, -0.2) is 31.6 Å². The standard InChI is InChI=1S/C21H24FNO3/c1-21(2)13-23(20(24)9-14-5-7-16(22)8-6-14)12-15-10-18(25-3)19(26-4)11-17(15)21/h5-8,10-11H,9,12-13H2,1-4H3. The molecule has 2 aromatic rings. The third-order valence-corrected chi connectivity index (χ3v) is 4.91. The van der Waals surface area contributed by atoms with E-state index in [9.17, 15) is 9.18 Å². The van der Waals surface area contributed by atoms with Crippen LogP contribution in [0, 0.1) is 5.82 Å². The first-order valence-corrected chi connectivity index (χ1v) is 8.61. The summed E-state index contributed by atoms with van der Waals surface area (Å²) in [7, 11) is 3.23. The van der Waals surface area contributed by atoms with Gasteiger partial charge in [0.15, 0.2) is 11.5 Å². The third kappa shape index (κ3) is 3.52. The number of ether oxygens (including phenoxy) is 2. The molecule has 1 amide bonds. The number of fused-ring (bicyclic) bond motifs is 1. The predicted molar refractivity (Wildman–Crippen MR) is 98.1 cm³/mol. The Bertz CT molecular complexity index is 815. The Labute approximate surface area is 153 Å². The molecule has 1 heterocycles. The fourth-order valence-electron chi connectivity index (χ4n) is 3.57. The highest BCUT2D eigenvalue weighted by Gasteiger charge is 2.35. The molecule has 0 bridgehead atoms. The lowest BCUT2D eigenvalue weighted by atomic mass is 9.78. The summed E-state index contributed by atoms with van der Waals surface area (Å²) in [5.74, 6) is 1.10. The molecule has 0 fully saturated rings. The van der Waals surface area contributed by atoms with E-state index in [1.165, 1.54) is 17.7 Å². The average Bonchev–Trinajstić information content (AvgIpc) is 2.61. The molecule has 0 aliphatic carbocycles. The summed E-state index contributed by atoms with van der Waals surface area (Å²) in [6.07, 6.45) is 0.263. The van der Waals surface area contributed by atoms with Gasteiger partial charge in [0.25, 0.3) is 0 Å². The number of amides is 1. The monoisotopic (exact) mass is 357 g/mol. The highest BCUT2D eigenvalue weighted by atomic mass is 19.1. The summed E-state index contributed by atoms with van der Waals surface area (Å²) in [5.41, 5.74) is 2.84. The van der Waals surface area contributed by atoms with E-state index in [0.29, 0.717) is 24.6 Å². The molecule has 0 N–H and O–H groups in total. The van der Waals surface area contributed by atoms with Crippen LogP contribution in [0.2, 0.25) is 0 Å². The first-order valence-electron chi connectivity index (χ1n) is 8.61. The molecule has 138 valence electrons. The van der Waals surface area contributed by atoms with Crippen molar-refractivity contribution in [1.82, 2.24) is 4.90 Å². The summed E-state index contributed by atoms with van der Waals surface area (Å²) < 4.78 is 23.9. The Balaban J connectivity index is 1.86. The molecule has 0 unspecified atom stereocenters. The summed E-state index contributed by atoms with van der Waals surface area (Å²) in [6.45, 7) is 5.39. The Morgan fingerprint density at radius 2 is 1.73 bits per heavy atom. The van der Waals surface area contributed by atoms with Gasteiger partial charge in [-0.25, -0.2) is 4.39 Å². The topological polar surface area (TPSA) is 38.8 Å². The first-order chi connectivity index (χ1) is 12.3. The molecule has 3 rings (SSSR count). The van der Waals surface area contributed by atoms with Crippen LogP contribution in [0.15, 0.2) is 36.4 Å². The number of methoxy groups -OCH3 is 2. The van der Waals surface area contributed by atoms with Crippen molar-refractivity contribution in [3.63, 3.8) is 0 Å². The van der Waals surface area contributed by atoms with Crippen molar-refractivity contribution in [1.29, 1.82) is 0 Å². The Kier molecular flexibility index (Phi) is 4.90. The number of benzene rings is 2. The van der Waals surface area contributed by atoms with E-state index in [0.717, 1.165) is 11.1 Å². The zero-order valence-corrected chi connectivity index (χ0v) is 15.6. The molecule has 0 saturated carbocycles. The summed E-state index contributed by atoms with van der Waals surface area (Å²) in [5, 5.41) is 0. The summed E-state index contributed by atoms with van der Waals surface area (Å²) in [6, 6.07) is 10.0. The Morgan fingerprint density at radius 3 is 2.35 bits per heavy atom. The van der Waals surface area contributed by atoms with Crippen LogP contribution in [0.1, 0.15) is 30.5 Å². The number of hydrogen-bond acceptors (Lipinski definition) is 3. The molecule has 0 aromatic heterocycles. The lowest BCUT2D eigenvalue weighted by Gasteiger charge is -2.40. The molecule has 1 aliphatic heterocycles. The van der Waals surface area contributed by atoms with Gasteiger partial charge < -0.3 is 14.4 Å². The van der Waals surface area contributed by atoms with Crippen LogP contribution < -0.4 is 9.47 Å². The van der Waals surface area contributed by atoms with Crippen molar-refractivity contribution in [3.05, 3.63) is 58.9 Å². The van der Waals surface area contributed by atoms with Gasteiger partial charge in [-0.05, 0) is 41.0 Å². The number of hydrogen-bond donors (Lipinski definition) is 0. The average molecular weight is 357 g/mol. The molecule has 5 heteroatoms. The van der Waals surface area contributed by atoms with Gasteiger partial charge in [-0.15, -0.1) is 0 Å². The van der Waals surface area contributed by atoms with Gasteiger partial charge in [-0.1, -0.05) is 26.0 Å². The lowest BCUT2D eigenvalue weighted by molar-refractivity contribution is -0.132. The van der Waals surface area contributed by atoms with Gasteiger partial charge in [0, 0.05) is 18.5 Å². The van der Waals surface area contributed by atoms with Crippen molar-refractivity contribution in [2.24, 2.45) is 0 Å². The molecule has 4 nitrogen and oxygen atoms in total. The summed E-state index contributed by atoms with van der Waals surface area (Å²) >= 11 is 0. The van der Waals surface area contributed by atoms with Crippen molar-refractivity contribution in [2.75, 3.05) is 20.8 Å². The van der Waals surface area contributed by atoms with Gasteiger partial charge in [-0.2, -0.15) is 0 Å². The second-order valence-corrected chi connectivity index (χ2v) is 7.30. The molecule has 2 aromatic carbocycles. The molecular formula is C21H24FNO3. The van der Waals surface area contributed by atoms with Gasteiger partial charge in [0.05, 0.1) is 20.6 Å². The zero-order chi connectivity index (χ0) is 18.9. The van der Waals surface area contributed by atoms with Gasteiger partial charge >= 0.3 is 0 Å². The third-order valence-electron chi connectivity index (χ3n) is 4.91. The smallest absolute Gasteiger partial charge is 0.227 e. The lowest BCUT2D eigenvalue weighted by Crippen LogP contribution is -2.45. The number of nitrogens with zero attached hydrogens (tertiary/aromatic N) is 1. The largest absolute Gasteiger partial charge is 0.493 e. The predicted octanol–water partition coefficient (Wildman–Crippen LogP) is 3.71. The van der Waals surface area contributed by atoms with Gasteiger partial charge in [0.1, 0.15) is 5.82 Å². The molecule has 26 heavy (non-hydrogen) atoms. The zero-order valence-electron chi connectivity index (χ0n) is 15.6. The number of carbonyl (C=O) groups excluding carboxylic acids is 1. The number of rotatable bonds is 4.